The maximum atomic E-state index is 4.40. The van der Waals surface area contributed by atoms with Gasteiger partial charge in [-0.05, 0) is 37.1 Å². The summed E-state index contributed by atoms with van der Waals surface area (Å²) in [5.41, 5.74) is 0. The molecule has 0 amide bonds. The van der Waals surface area contributed by atoms with Crippen LogP contribution in [0.1, 0.15) is 45.9 Å². The van der Waals surface area contributed by atoms with Crippen molar-refractivity contribution >= 4 is 0 Å². The van der Waals surface area contributed by atoms with E-state index in [1.165, 1.54) is 19.3 Å². The molecule has 0 radical (unpaired) electrons. The van der Waals surface area contributed by atoms with Crippen molar-refractivity contribution in [3.8, 4) is 0 Å². The van der Waals surface area contributed by atoms with E-state index in [0.717, 1.165) is 36.5 Å². The van der Waals surface area contributed by atoms with Gasteiger partial charge in [0.1, 0.15) is 12.2 Å². The summed E-state index contributed by atoms with van der Waals surface area (Å²) in [5.74, 6) is 3.52. The average molecular weight is 264 g/mol. The highest BCUT2D eigenvalue weighted by molar-refractivity contribution is 4.91. The van der Waals surface area contributed by atoms with Gasteiger partial charge in [0, 0.05) is 19.5 Å². The first-order valence-corrected chi connectivity index (χ1v) is 7.62. The third-order valence-corrected chi connectivity index (χ3v) is 4.44. The smallest absolute Gasteiger partial charge is 0.138 e. The van der Waals surface area contributed by atoms with E-state index < -0.39 is 0 Å². The first-order chi connectivity index (χ1) is 9.06. The highest BCUT2D eigenvalue weighted by atomic mass is 15.3. The lowest BCUT2D eigenvalue weighted by Gasteiger charge is -2.35. The fraction of sp³-hybridized carbons (Fsp3) is 0.867. The largest absolute Gasteiger partial charge is 0.314 e. The summed E-state index contributed by atoms with van der Waals surface area (Å²) in [6.07, 6.45) is 6.80. The molecule has 1 aliphatic rings. The Kier molecular flexibility index (Phi) is 4.97. The molecule has 1 aromatic rings. The van der Waals surface area contributed by atoms with Gasteiger partial charge in [-0.1, -0.05) is 27.2 Å². The number of hydrogen-bond acceptors (Lipinski definition) is 3. The Bertz CT molecular complexity index is 385. The van der Waals surface area contributed by atoms with Crippen molar-refractivity contribution in [2.45, 2.75) is 52.5 Å². The van der Waals surface area contributed by atoms with Gasteiger partial charge in [-0.3, -0.25) is 4.68 Å². The predicted octanol–water partition coefficient (Wildman–Crippen LogP) is 2.41. The highest BCUT2D eigenvalue weighted by Gasteiger charge is 2.29. The van der Waals surface area contributed by atoms with Crippen LogP contribution in [0.5, 0.6) is 0 Å². The molecule has 1 aliphatic carbocycles. The first kappa shape index (κ1) is 14.5. The minimum Gasteiger partial charge on any atom is -0.314 e. The van der Waals surface area contributed by atoms with Crippen molar-refractivity contribution in [2.24, 2.45) is 24.8 Å². The number of nitrogens with zero attached hydrogens (tertiary/aromatic N) is 3. The average Bonchev–Trinajstić information content (AvgIpc) is 2.74. The molecule has 3 unspecified atom stereocenters. The van der Waals surface area contributed by atoms with E-state index in [1.54, 1.807) is 6.33 Å². The monoisotopic (exact) mass is 264 g/mol. The zero-order valence-corrected chi connectivity index (χ0v) is 12.8. The summed E-state index contributed by atoms with van der Waals surface area (Å²) in [7, 11) is 2.00. The molecule has 19 heavy (non-hydrogen) atoms. The predicted molar refractivity (Wildman–Crippen MR) is 77.8 cm³/mol. The van der Waals surface area contributed by atoms with E-state index in [1.807, 2.05) is 11.7 Å². The lowest BCUT2D eigenvalue weighted by Crippen LogP contribution is -2.36. The Morgan fingerprint density at radius 2 is 2.16 bits per heavy atom. The van der Waals surface area contributed by atoms with Crippen LogP contribution in [0.4, 0.5) is 0 Å². The molecule has 1 heterocycles. The second kappa shape index (κ2) is 6.51. The summed E-state index contributed by atoms with van der Waals surface area (Å²) in [6, 6.07) is 0.579. The molecule has 0 aromatic carbocycles. The van der Waals surface area contributed by atoms with Crippen LogP contribution in [0.15, 0.2) is 6.33 Å². The van der Waals surface area contributed by atoms with E-state index in [4.69, 9.17) is 0 Å². The Morgan fingerprint density at radius 3 is 2.79 bits per heavy atom. The molecule has 1 saturated carbocycles. The van der Waals surface area contributed by atoms with Crippen LogP contribution in [-0.2, 0) is 13.5 Å². The van der Waals surface area contributed by atoms with Crippen molar-refractivity contribution in [1.82, 2.24) is 20.1 Å². The first-order valence-electron chi connectivity index (χ1n) is 7.62. The molecule has 0 bridgehead atoms. The molecule has 0 aliphatic heterocycles. The maximum Gasteiger partial charge on any atom is 0.138 e. The van der Waals surface area contributed by atoms with Gasteiger partial charge in [0.05, 0.1) is 0 Å². The van der Waals surface area contributed by atoms with Crippen molar-refractivity contribution in [2.75, 3.05) is 6.54 Å². The summed E-state index contributed by atoms with van der Waals surface area (Å²) in [5, 5.41) is 7.80. The van der Waals surface area contributed by atoms with Gasteiger partial charge in [-0.2, -0.15) is 5.10 Å². The van der Waals surface area contributed by atoms with Crippen LogP contribution >= 0.6 is 0 Å². The van der Waals surface area contributed by atoms with Gasteiger partial charge in [0.25, 0.3) is 0 Å². The van der Waals surface area contributed by atoms with E-state index in [0.29, 0.717) is 6.04 Å². The van der Waals surface area contributed by atoms with Gasteiger partial charge in [-0.25, -0.2) is 4.98 Å². The van der Waals surface area contributed by atoms with Crippen LogP contribution in [0.3, 0.4) is 0 Å². The lowest BCUT2D eigenvalue weighted by molar-refractivity contribution is 0.178. The molecule has 1 N–H and O–H groups in total. The van der Waals surface area contributed by atoms with E-state index >= 15 is 0 Å². The van der Waals surface area contributed by atoms with Crippen molar-refractivity contribution in [3.05, 3.63) is 12.2 Å². The molecule has 0 saturated heterocycles. The second-order valence-electron chi connectivity index (χ2n) is 6.51. The summed E-state index contributed by atoms with van der Waals surface area (Å²) >= 11 is 0. The fourth-order valence-electron chi connectivity index (χ4n) is 3.21. The van der Waals surface area contributed by atoms with Crippen LogP contribution in [-0.4, -0.2) is 27.4 Å². The Morgan fingerprint density at radius 1 is 1.37 bits per heavy atom. The van der Waals surface area contributed by atoms with E-state index in [-0.39, 0.29) is 0 Å². The van der Waals surface area contributed by atoms with Crippen molar-refractivity contribution < 1.29 is 0 Å². The van der Waals surface area contributed by atoms with Crippen molar-refractivity contribution in [3.63, 3.8) is 0 Å². The number of aryl methyl sites for hydroxylation is 1. The third-order valence-electron chi connectivity index (χ3n) is 4.44. The molecular weight excluding hydrogens is 236 g/mol. The minimum absolute atomic E-state index is 0.579. The summed E-state index contributed by atoms with van der Waals surface area (Å²) in [6.45, 7) is 7.98. The van der Waals surface area contributed by atoms with Crippen LogP contribution < -0.4 is 5.32 Å². The molecular formula is C15H28N4. The number of rotatable bonds is 5. The Balaban J connectivity index is 1.98. The van der Waals surface area contributed by atoms with E-state index in [2.05, 4.69) is 36.2 Å². The number of aromatic nitrogens is 3. The summed E-state index contributed by atoms with van der Waals surface area (Å²) in [4.78, 5) is 4.40. The maximum absolute atomic E-state index is 4.40. The summed E-state index contributed by atoms with van der Waals surface area (Å²) < 4.78 is 1.92. The highest BCUT2D eigenvalue weighted by Crippen LogP contribution is 2.35. The molecule has 3 atom stereocenters. The Hall–Kier alpha value is -0.900. The quantitative estimate of drug-likeness (QED) is 0.888. The van der Waals surface area contributed by atoms with Gasteiger partial charge < -0.3 is 5.32 Å². The molecule has 108 valence electrons. The standard InChI is InChI=1S/C15H28N4/c1-11(2)16-9-13-6-5-12(3)7-14(13)8-15-17-10-18-19(15)4/h10-14,16H,5-9H2,1-4H3. The van der Waals surface area contributed by atoms with Crippen molar-refractivity contribution in [1.29, 1.82) is 0 Å². The lowest BCUT2D eigenvalue weighted by atomic mass is 9.73. The Labute approximate surface area is 117 Å². The SMILES string of the molecule is CC1CCC(CNC(C)C)C(Cc2ncnn2C)C1. The normalized spacial score (nSPS) is 27.9. The van der Waals surface area contributed by atoms with Gasteiger partial charge >= 0.3 is 0 Å². The molecule has 4 nitrogen and oxygen atoms in total. The molecule has 1 aromatic heterocycles. The van der Waals surface area contributed by atoms with Gasteiger partial charge in [-0.15, -0.1) is 0 Å². The number of hydrogen-bond donors (Lipinski definition) is 1. The topological polar surface area (TPSA) is 42.7 Å². The van der Waals surface area contributed by atoms with E-state index in [9.17, 15) is 0 Å². The second-order valence-corrected chi connectivity index (χ2v) is 6.51. The van der Waals surface area contributed by atoms with Crippen LogP contribution in [0.2, 0.25) is 0 Å². The molecule has 2 rings (SSSR count). The van der Waals surface area contributed by atoms with Gasteiger partial charge in [0.15, 0.2) is 0 Å². The number of nitrogens with one attached hydrogen (secondary N) is 1. The fourth-order valence-corrected chi connectivity index (χ4v) is 3.21. The minimum atomic E-state index is 0.579. The molecule has 4 heteroatoms. The van der Waals surface area contributed by atoms with Gasteiger partial charge in [0.2, 0.25) is 0 Å². The van der Waals surface area contributed by atoms with Crippen LogP contribution in [0.25, 0.3) is 0 Å². The zero-order valence-electron chi connectivity index (χ0n) is 12.8. The third kappa shape index (κ3) is 4.03. The molecule has 0 spiro atoms. The van der Waals surface area contributed by atoms with Crippen LogP contribution in [0, 0.1) is 17.8 Å². The molecule has 1 fully saturated rings. The zero-order chi connectivity index (χ0) is 13.8.